The molecule has 8 nitrogen and oxygen atoms in total. The fraction of sp³-hybridized carbons (Fsp3) is 0.355. The zero-order valence-corrected chi connectivity index (χ0v) is 22.1. The van der Waals surface area contributed by atoms with Gasteiger partial charge in [-0.2, -0.15) is 0 Å². The van der Waals surface area contributed by atoms with Gasteiger partial charge in [-0.25, -0.2) is 0 Å². The van der Waals surface area contributed by atoms with Crippen LogP contribution in [0, 0.1) is 0 Å². The highest BCUT2D eigenvalue weighted by molar-refractivity contribution is 5.66. The summed E-state index contributed by atoms with van der Waals surface area (Å²) < 4.78 is 36.1. The number of carbonyl (C=O) groups is 2. The van der Waals surface area contributed by atoms with Crippen molar-refractivity contribution in [3.63, 3.8) is 0 Å². The molecule has 0 saturated carbocycles. The Morgan fingerprint density at radius 1 is 0.615 bits per heavy atom. The van der Waals surface area contributed by atoms with Crippen LogP contribution in [0.25, 0.3) is 0 Å². The summed E-state index contributed by atoms with van der Waals surface area (Å²) >= 11 is 0. The Hall–Kier alpha value is -3.56. The summed E-state index contributed by atoms with van der Waals surface area (Å²) in [5.41, 5.74) is 2.82. The van der Waals surface area contributed by atoms with Crippen LogP contribution in [0.15, 0.2) is 91.0 Å². The van der Waals surface area contributed by atoms with Crippen molar-refractivity contribution in [2.24, 2.45) is 0 Å². The third kappa shape index (κ3) is 8.73. The Bertz CT molecular complexity index is 1150. The van der Waals surface area contributed by atoms with E-state index in [9.17, 15) is 9.59 Å². The number of carbonyl (C=O) groups excluding carboxylic acids is 2. The van der Waals surface area contributed by atoms with E-state index in [0.717, 1.165) is 16.7 Å². The highest BCUT2D eigenvalue weighted by atomic mass is 16.7. The molecular formula is C31H34O8. The molecule has 0 spiro atoms. The fourth-order valence-corrected chi connectivity index (χ4v) is 4.37. The van der Waals surface area contributed by atoms with Crippen LogP contribution in [0.1, 0.15) is 30.5 Å². The van der Waals surface area contributed by atoms with Gasteiger partial charge >= 0.3 is 11.9 Å². The second-order valence-electron chi connectivity index (χ2n) is 9.25. The van der Waals surface area contributed by atoms with E-state index in [1.165, 1.54) is 13.8 Å². The minimum atomic E-state index is -1.11. The van der Waals surface area contributed by atoms with Crippen molar-refractivity contribution >= 4 is 11.9 Å². The third-order valence-electron chi connectivity index (χ3n) is 6.14. The van der Waals surface area contributed by atoms with E-state index < -0.39 is 42.6 Å². The SMILES string of the molecule is CC(=O)OC1O[C@H](COCc2ccccc2)[C@@H](OC(C)=O)[C@H](OCc2ccccc2)[C@H]1OCc1ccccc1. The minimum Gasteiger partial charge on any atom is -0.457 e. The standard InChI is InChI=1S/C31H34O8/c1-22(32)37-28-27(21-34-18-24-12-6-3-7-13-24)39-31(38-23(2)33)30(36-20-26-16-10-5-11-17-26)29(28)35-19-25-14-8-4-9-15-25/h3-17,27-31H,18-21H2,1-2H3/t27-,28-,29+,30-,31?/m1/s1. The van der Waals surface area contributed by atoms with Crippen molar-refractivity contribution in [2.45, 2.75) is 64.4 Å². The van der Waals surface area contributed by atoms with E-state index in [4.69, 9.17) is 28.4 Å². The maximum Gasteiger partial charge on any atom is 0.305 e. The summed E-state index contributed by atoms with van der Waals surface area (Å²) in [4.78, 5) is 24.3. The van der Waals surface area contributed by atoms with Crippen LogP contribution in [0.5, 0.6) is 0 Å². The first-order valence-electron chi connectivity index (χ1n) is 12.9. The van der Waals surface area contributed by atoms with Crippen molar-refractivity contribution in [3.8, 4) is 0 Å². The van der Waals surface area contributed by atoms with Gasteiger partial charge < -0.3 is 28.4 Å². The Morgan fingerprint density at radius 3 is 1.56 bits per heavy atom. The summed E-state index contributed by atoms with van der Waals surface area (Å²) in [6.45, 7) is 3.46. The van der Waals surface area contributed by atoms with Gasteiger partial charge in [0.2, 0.25) is 6.29 Å². The van der Waals surface area contributed by atoms with Gasteiger partial charge in [-0.05, 0) is 16.7 Å². The van der Waals surface area contributed by atoms with Crippen molar-refractivity contribution in [2.75, 3.05) is 6.61 Å². The lowest BCUT2D eigenvalue weighted by Crippen LogP contribution is -2.62. The van der Waals surface area contributed by atoms with E-state index >= 15 is 0 Å². The lowest BCUT2D eigenvalue weighted by molar-refractivity contribution is -0.314. The van der Waals surface area contributed by atoms with Gasteiger partial charge in [0, 0.05) is 13.8 Å². The van der Waals surface area contributed by atoms with Crippen molar-refractivity contribution in [3.05, 3.63) is 108 Å². The molecule has 4 rings (SSSR count). The molecule has 0 N–H and O–H groups in total. The van der Waals surface area contributed by atoms with Crippen molar-refractivity contribution in [1.29, 1.82) is 0 Å². The molecule has 0 aliphatic carbocycles. The summed E-state index contributed by atoms with van der Waals surface area (Å²) in [6, 6.07) is 28.9. The van der Waals surface area contributed by atoms with E-state index in [0.29, 0.717) is 6.61 Å². The lowest BCUT2D eigenvalue weighted by Gasteiger charge is -2.44. The number of esters is 2. The average Bonchev–Trinajstić information content (AvgIpc) is 2.94. The van der Waals surface area contributed by atoms with Crippen LogP contribution in [-0.2, 0) is 57.8 Å². The molecule has 1 heterocycles. The second kappa shape index (κ2) is 14.6. The normalized spacial score (nSPS) is 22.7. The van der Waals surface area contributed by atoms with E-state index in [1.54, 1.807) is 0 Å². The molecule has 1 unspecified atom stereocenters. The number of ether oxygens (including phenoxy) is 6. The summed E-state index contributed by atoms with van der Waals surface area (Å²) in [5, 5.41) is 0. The minimum absolute atomic E-state index is 0.0706. The molecule has 5 atom stereocenters. The number of hydrogen-bond donors (Lipinski definition) is 0. The predicted octanol–water partition coefficient (Wildman–Crippen LogP) is 4.59. The van der Waals surface area contributed by atoms with Gasteiger partial charge in [-0.3, -0.25) is 9.59 Å². The highest BCUT2D eigenvalue weighted by Crippen LogP contribution is 2.31. The first-order chi connectivity index (χ1) is 19.0. The van der Waals surface area contributed by atoms with Crippen molar-refractivity contribution in [1.82, 2.24) is 0 Å². The molecule has 0 aromatic heterocycles. The molecule has 1 saturated heterocycles. The zero-order chi connectivity index (χ0) is 27.5. The van der Waals surface area contributed by atoms with E-state index in [2.05, 4.69) is 0 Å². The van der Waals surface area contributed by atoms with E-state index in [1.807, 2.05) is 91.0 Å². The molecule has 1 aliphatic heterocycles. The van der Waals surface area contributed by atoms with Crippen LogP contribution < -0.4 is 0 Å². The molecule has 0 radical (unpaired) electrons. The molecule has 3 aromatic carbocycles. The zero-order valence-electron chi connectivity index (χ0n) is 22.1. The summed E-state index contributed by atoms with van der Waals surface area (Å²) in [5.74, 6) is -1.04. The Labute approximate surface area is 228 Å². The van der Waals surface area contributed by atoms with Crippen LogP contribution in [0.4, 0.5) is 0 Å². The maximum atomic E-state index is 12.2. The Morgan fingerprint density at radius 2 is 1.08 bits per heavy atom. The molecule has 3 aromatic rings. The molecule has 39 heavy (non-hydrogen) atoms. The first kappa shape index (κ1) is 28.4. The molecule has 1 fully saturated rings. The van der Waals surface area contributed by atoms with Crippen LogP contribution in [-0.4, -0.2) is 49.3 Å². The topological polar surface area (TPSA) is 89.5 Å². The van der Waals surface area contributed by atoms with Gasteiger partial charge in [0.1, 0.15) is 12.2 Å². The maximum absolute atomic E-state index is 12.2. The van der Waals surface area contributed by atoms with Gasteiger partial charge in [-0.15, -0.1) is 0 Å². The summed E-state index contributed by atoms with van der Waals surface area (Å²) in [6.07, 6.45) is -4.47. The summed E-state index contributed by atoms with van der Waals surface area (Å²) in [7, 11) is 0. The quantitative estimate of drug-likeness (QED) is 0.312. The van der Waals surface area contributed by atoms with Gasteiger partial charge in [0.25, 0.3) is 0 Å². The van der Waals surface area contributed by atoms with E-state index in [-0.39, 0.29) is 19.8 Å². The van der Waals surface area contributed by atoms with Crippen LogP contribution in [0.3, 0.4) is 0 Å². The molecule has 0 amide bonds. The molecule has 206 valence electrons. The Balaban J connectivity index is 1.59. The number of hydrogen-bond acceptors (Lipinski definition) is 8. The van der Waals surface area contributed by atoms with Gasteiger partial charge in [0.05, 0.1) is 26.4 Å². The molecule has 1 aliphatic rings. The number of rotatable bonds is 12. The fourth-order valence-electron chi connectivity index (χ4n) is 4.37. The number of benzene rings is 3. The lowest BCUT2D eigenvalue weighted by atomic mass is 9.98. The Kier molecular flexibility index (Phi) is 10.6. The smallest absolute Gasteiger partial charge is 0.305 e. The average molecular weight is 535 g/mol. The highest BCUT2D eigenvalue weighted by Gasteiger charge is 2.51. The second-order valence-corrected chi connectivity index (χ2v) is 9.25. The molecule has 0 bridgehead atoms. The van der Waals surface area contributed by atoms with Crippen LogP contribution in [0.2, 0.25) is 0 Å². The predicted molar refractivity (Wildman–Crippen MR) is 142 cm³/mol. The van der Waals surface area contributed by atoms with Gasteiger partial charge in [0.15, 0.2) is 12.2 Å². The molecule has 8 heteroatoms. The van der Waals surface area contributed by atoms with Gasteiger partial charge in [-0.1, -0.05) is 91.0 Å². The first-order valence-corrected chi connectivity index (χ1v) is 12.9. The largest absolute Gasteiger partial charge is 0.457 e. The third-order valence-corrected chi connectivity index (χ3v) is 6.14. The molecular weight excluding hydrogens is 500 g/mol. The van der Waals surface area contributed by atoms with Crippen molar-refractivity contribution < 1.29 is 38.0 Å². The van der Waals surface area contributed by atoms with Crippen LogP contribution >= 0.6 is 0 Å². The monoisotopic (exact) mass is 534 g/mol.